The Bertz CT molecular complexity index is 403. The molecule has 0 aromatic heterocycles. The average Bonchev–Trinajstić information content (AvgIpc) is 2.54. The molecule has 0 saturated carbocycles. The summed E-state index contributed by atoms with van der Waals surface area (Å²) in [4.78, 5) is 2.44. The van der Waals surface area contributed by atoms with Gasteiger partial charge in [0.25, 0.3) is 0 Å². The average molecular weight is 183 g/mol. The van der Waals surface area contributed by atoms with E-state index in [2.05, 4.69) is 53.5 Å². The Balaban J connectivity index is 2.13. The van der Waals surface area contributed by atoms with Crippen molar-refractivity contribution >= 4 is 5.69 Å². The van der Waals surface area contributed by atoms with Crippen LogP contribution in [0.4, 0.5) is 5.69 Å². The fraction of sp³-hybridized carbons (Fsp3) is 0.231. The number of para-hydroxylation sites is 1. The van der Waals surface area contributed by atoms with E-state index >= 15 is 0 Å². The summed E-state index contributed by atoms with van der Waals surface area (Å²) in [5.41, 5.74) is 2.89. The van der Waals surface area contributed by atoms with Crippen molar-refractivity contribution in [1.29, 1.82) is 0 Å². The van der Waals surface area contributed by atoms with Gasteiger partial charge in [-0.3, -0.25) is 0 Å². The topological polar surface area (TPSA) is 3.24 Å². The third-order valence-electron chi connectivity index (χ3n) is 3.01. The predicted octanol–water partition coefficient (Wildman–Crippen LogP) is 2.72. The van der Waals surface area contributed by atoms with Gasteiger partial charge in [0.2, 0.25) is 0 Å². The summed E-state index contributed by atoms with van der Waals surface area (Å²) in [5, 5.41) is 0. The second-order valence-electron chi connectivity index (χ2n) is 3.88. The van der Waals surface area contributed by atoms with Crippen molar-refractivity contribution in [2.75, 3.05) is 18.0 Å². The molecule has 2 bridgehead atoms. The maximum atomic E-state index is 2.44. The third-order valence-corrected chi connectivity index (χ3v) is 3.01. The van der Waals surface area contributed by atoms with E-state index in [-0.39, 0.29) is 0 Å². The second-order valence-corrected chi connectivity index (χ2v) is 3.88. The lowest BCUT2D eigenvalue weighted by atomic mass is 10.0. The Kier molecular flexibility index (Phi) is 1.69. The Morgan fingerprint density at radius 1 is 1.14 bits per heavy atom. The van der Waals surface area contributed by atoms with Gasteiger partial charge in [-0.1, -0.05) is 42.5 Å². The molecular weight excluding hydrogens is 170 g/mol. The molecule has 3 rings (SSSR count). The van der Waals surface area contributed by atoms with Gasteiger partial charge >= 0.3 is 0 Å². The molecule has 0 saturated heterocycles. The molecule has 0 N–H and O–H groups in total. The summed E-state index contributed by atoms with van der Waals surface area (Å²) >= 11 is 0. The first kappa shape index (κ1) is 7.86. The van der Waals surface area contributed by atoms with Gasteiger partial charge < -0.3 is 4.90 Å². The van der Waals surface area contributed by atoms with Crippen molar-refractivity contribution in [2.45, 2.75) is 5.92 Å². The summed E-state index contributed by atoms with van der Waals surface area (Å²) in [7, 11) is 0. The van der Waals surface area contributed by atoms with Crippen molar-refractivity contribution in [3.05, 3.63) is 54.1 Å². The van der Waals surface area contributed by atoms with E-state index in [9.17, 15) is 0 Å². The predicted molar refractivity (Wildman–Crippen MR) is 59.7 cm³/mol. The SMILES string of the molecule is C1=C\CN2CC(\C=C/1)c1ccccc12. The van der Waals surface area contributed by atoms with Crippen LogP contribution in [0, 0.1) is 0 Å². The highest BCUT2D eigenvalue weighted by atomic mass is 15.1. The van der Waals surface area contributed by atoms with Crippen LogP contribution in [0.25, 0.3) is 0 Å². The molecule has 2 heterocycles. The number of hydrogen-bond donors (Lipinski definition) is 0. The smallest absolute Gasteiger partial charge is 0.0408 e. The molecule has 0 spiro atoms. The number of rotatable bonds is 0. The zero-order valence-electron chi connectivity index (χ0n) is 8.06. The van der Waals surface area contributed by atoms with Crippen LogP contribution in [0.5, 0.6) is 0 Å². The maximum absolute atomic E-state index is 2.44. The normalized spacial score (nSPS) is 27.7. The van der Waals surface area contributed by atoms with Crippen LogP contribution in [0.3, 0.4) is 0 Å². The van der Waals surface area contributed by atoms with Crippen LogP contribution in [-0.4, -0.2) is 13.1 Å². The zero-order chi connectivity index (χ0) is 9.38. The fourth-order valence-corrected chi connectivity index (χ4v) is 2.33. The summed E-state index contributed by atoms with van der Waals surface area (Å²) in [5.74, 6) is 0.594. The Morgan fingerprint density at radius 3 is 3.07 bits per heavy atom. The van der Waals surface area contributed by atoms with Gasteiger partial charge in [-0.2, -0.15) is 0 Å². The lowest BCUT2D eigenvalue weighted by Crippen LogP contribution is -2.21. The largest absolute Gasteiger partial charge is 0.367 e. The lowest BCUT2D eigenvalue weighted by Gasteiger charge is -2.17. The van der Waals surface area contributed by atoms with Crippen LogP contribution in [-0.2, 0) is 0 Å². The molecule has 0 amide bonds. The van der Waals surface area contributed by atoms with Crippen LogP contribution < -0.4 is 4.90 Å². The molecule has 1 aromatic rings. The van der Waals surface area contributed by atoms with E-state index in [1.807, 2.05) is 0 Å². The number of fused-ring (bicyclic) bond motifs is 5. The van der Waals surface area contributed by atoms with E-state index < -0.39 is 0 Å². The van der Waals surface area contributed by atoms with Crippen LogP contribution in [0.2, 0.25) is 0 Å². The lowest BCUT2D eigenvalue weighted by molar-refractivity contribution is 0.830. The van der Waals surface area contributed by atoms with Gasteiger partial charge in [0, 0.05) is 24.7 Å². The van der Waals surface area contributed by atoms with Crippen LogP contribution in [0.1, 0.15) is 11.5 Å². The highest BCUT2D eigenvalue weighted by molar-refractivity contribution is 5.62. The molecule has 2 aliphatic rings. The number of anilines is 1. The number of allylic oxidation sites excluding steroid dienone is 2. The molecule has 1 aromatic carbocycles. The summed E-state index contributed by atoms with van der Waals surface area (Å²) in [6, 6.07) is 8.73. The first-order chi connectivity index (χ1) is 6.95. The quantitative estimate of drug-likeness (QED) is 0.597. The number of benzene rings is 1. The third kappa shape index (κ3) is 1.09. The molecule has 70 valence electrons. The van der Waals surface area contributed by atoms with Crippen molar-refractivity contribution in [3.8, 4) is 0 Å². The van der Waals surface area contributed by atoms with E-state index in [0.29, 0.717) is 5.92 Å². The van der Waals surface area contributed by atoms with E-state index in [0.717, 1.165) is 13.1 Å². The van der Waals surface area contributed by atoms with Crippen LogP contribution in [0.15, 0.2) is 48.6 Å². The second kappa shape index (κ2) is 3.02. The summed E-state index contributed by atoms with van der Waals surface area (Å²) < 4.78 is 0. The first-order valence-electron chi connectivity index (χ1n) is 5.12. The van der Waals surface area contributed by atoms with Gasteiger partial charge in [0.15, 0.2) is 0 Å². The van der Waals surface area contributed by atoms with Crippen molar-refractivity contribution in [2.24, 2.45) is 0 Å². The summed E-state index contributed by atoms with van der Waals surface area (Å²) in [6.07, 6.45) is 8.83. The van der Waals surface area contributed by atoms with Crippen molar-refractivity contribution < 1.29 is 0 Å². The van der Waals surface area contributed by atoms with Crippen molar-refractivity contribution in [3.63, 3.8) is 0 Å². The molecule has 0 radical (unpaired) electrons. The van der Waals surface area contributed by atoms with E-state index in [1.165, 1.54) is 11.3 Å². The minimum absolute atomic E-state index is 0.594. The molecule has 1 atom stereocenters. The number of hydrogen-bond acceptors (Lipinski definition) is 1. The van der Waals surface area contributed by atoms with Gasteiger partial charge in [-0.05, 0) is 11.6 Å². The highest BCUT2D eigenvalue weighted by Crippen LogP contribution is 2.37. The molecule has 14 heavy (non-hydrogen) atoms. The molecule has 1 nitrogen and oxygen atoms in total. The zero-order valence-corrected chi connectivity index (χ0v) is 8.06. The monoisotopic (exact) mass is 183 g/mol. The first-order valence-corrected chi connectivity index (χ1v) is 5.12. The van der Waals surface area contributed by atoms with Gasteiger partial charge in [-0.15, -0.1) is 0 Å². The number of nitrogens with zero attached hydrogens (tertiary/aromatic N) is 1. The fourth-order valence-electron chi connectivity index (χ4n) is 2.33. The van der Waals surface area contributed by atoms with Gasteiger partial charge in [0.05, 0.1) is 0 Å². The van der Waals surface area contributed by atoms with Gasteiger partial charge in [-0.25, -0.2) is 0 Å². The van der Waals surface area contributed by atoms with Crippen molar-refractivity contribution in [1.82, 2.24) is 0 Å². The minimum Gasteiger partial charge on any atom is -0.367 e. The Morgan fingerprint density at radius 2 is 2.07 bits per heavy atom. The molecular formula is C13H13N. The Hall–Kier alpha value is -1.50. The summed E-state index contributed by atoms with van der Waals surface area (Å²) in [6.45, 7) is 2.18. The standard InChI is InChI=1S/C13H13N/c1-2-6-11-10-14(9-5-1)13-8-4-3-7-12(11)13/h1-8,11H,9-10H2/b5-1-,6-2-. The minimum atomic E-state index is 0.594. The van der Waals surface area contributed by atoms with Gasteiger partial charge in [0.1, 0.15) is 0 Å². The van der Waals surface area contributed by atoms with E-state index in [1.54, 1.807) is 0 Å². The molecule has 0 aliphatic carbocycles. The highest BCUT2D eigenvalue weighted by Gasteiger charge is 2.25. The maximum Gasteiger partial charge on any atom is 0.0408 e. The van der Waals surface area contributed by atoms with E-state index in [4.69, 9.17) is 0 Å². The van der Waals surface area contributed by atoms with Crippen LogP contribution >= 0.6 is 0 Å². The molecule has 1 heteroatoms. The molecule has 0 fully saturated rings. The molecule has 1 unspecified atom stereocenters. The Labute approximate surface area is 84.4 Å². The molecule has 2 aliphatic heterocycles.